The molecule has 128 valence electrons. The van der Waals surface area contributed by atoms with Gasteiger partial charge in [-0.05, 0) is 38.5 Å². The summed E-state index contributed by atoms with van der Waals surface area (Å²) in [4.78, 5) is 24.0. The first-order valence-electron chi connectivity index (χ1n) is 8.69. The molecular formula is C17H32N2O3. The molecule has 2 amide bonds. The van der Waals surface area contributed by atoms with Gasteiger partial charge in [-0.15, -0.1) is 0 Å². The molecule has 0 aromatic carbocycles. The highest BCUT2D eigenvalue weighted by Gasteiger charge is 2.25. The first-order valence-corrected chi connectivity index (χ1v) is 8.69. The fraction of sp³-hybridized carbons (Fsp3) is 0.882. The van der Waals surface area contributed by atoms with Crippen LogP contribution in [0.15, 0.2) is 0 Å². The maximum Gasteiger partial charge on any atom is 0.242 e. The van der Waals surface area contributed by atoms with Gasteiger partial charge in [0.05, 0.1) is 5.60 Å². The van der Waals surface area contributed by atoms with Gasteiger partial charge in [0.1, 0.15) is 6.04 Å². The van der Waals surface area contributed by atoms with Crippen molar-refractivity contribution in [1.82, 2.24) is 10.6 Å². The van der Waals surface area contributed by atoms with Crippen LogP contribution in [0.2, 0.25) is 0 Å². The Labute approximate surface area is 134 Å². The zero-order chi connectivity index (χ0) is 16.6. The first kappa shape index (κ1) is 18.9. The number of carbonyl (C=O) groups is 2. The predicted octanol–water partition coefficient (Wildman–Crippen LogP) is 2.13. The maximum absolute atomic E-state index is 12.0. The van der Waals surface area contributed by atoms with Crippen LogP contribution in [0.25, 0.3) is 0 Å². The Hall–Kier alpha value is -1.10. The quantitative estimate of drug-likeness (QED) is 0.642. The van der Waals surface area contributed by atoms with Crippen molar-refractivity contribution in [3.8, 4) is 0 Å². The lowest BCUT2D eigenvalue weighted by atomic mass is 9.87. The molecule has 0 aromatic heterocycles. The van der Waals surface area contributed by atoms with Crippen LogP contribution >= 0.6 is 0 Å². The normalized spacial score (nSPS) is 17.8. The molecular weight excluding hydrogens is 280 g/mol. The number of nitrogens with one attached hydrogen (secondary N) is 2. The smallest absolute Gasteiger partial charge is 0.242 e. The summed E-state index contributed by atoms with van der Waals surface area (Å²) >= 11 is 0. The van der Waals surface area contributed by atoms with Crippen LogP contribution in [0.5, 0.6) is 0 Å². The molecule has 1 rings (SSSR count). The highest BCUT2D eigenvalue weighted by molar-refractivity contribution is 5.87. The Morgan fingerprint density at radius 1 is 1.18 bits per heavy atom. The Kier molecular flexibility index (Phi) is 7.87. The summed E-state index contributed by atoms with van der Waals surface area (Å²) in [5.74, 6) is 0.183. The van der Waals surface area contributed by atoms with E-state index in [9.17, 15) is 14.7 Å². The Bertz CT molecular complexity index is 361. The summed E-state index contributed by atoms with van der Waals surface area (Å²) < 4.78 is 0. The van der Waals surface area contributed by atoms with Crippen molar-refractivity contribution in [3.63, 3.8) is 0 Å². The Balaban J connectivity index is 2.32. The minimum absolute atomic E-state index is 0.0456. The largest absolute Gasteiger partial charge is 0.388 e. The minimum atomic E-state index is -0.860. The number of hydrogen-bond donors (Lipinski definition) is 3. The third kappa shape index (κ3) is 6.34. The van der Waals surface area contributed by atoms with Gasteiger partial charge in [0.15, 0.2) is 0 Å². The fourth-order valence-corrected chi connectivity index (χ4v) is 2.92. The number of rotatable bonds is 8. The topological polar surface area (TPSA) is 78.4 Å². The first-order chi connectivity index (χ1) is 10.4. The molecule has 1 aliphatic carbocycles. The average Bonchev–Trinajstić information content (AvgIpc) is 2.53. The van der Waals surface area contributed by atoms with Crippen LogP contribution in [-0.2, 0) is 9.59 Å². The van der Waals surface area contributed by atoms with Gasteiger partial charge in [0, 0.05) is 13.0 Å². The molecule has 1 aliphatic rings. The summed E-state index contributed by atoms with van der Waals surface area (Å²) in [6.45, 7) is 5.70. The van der Waals surface area contributed by atoms with Crippen LogP contribution < -0.4 is 10.6 Å². The second-order valence-corrected chi connectivity index (χ2v) is 6.65. The van der Waals surface area contributed by atoms with Crippen molar-refractivity contribution in [2.24, 2.45) is 5.92 Å². The van der Waals surface area contributed by atoms with Crippen molar-refractivity contribution in [1.29, 1.82) is 0 Å². The van der Waals surface area contributed by atoms with E-state index in [0.717, 1.165) is 12.8 Å². The Morgan fingerprint density at radius 3 is 2.32 bits per heavy atom. The lowest BCUT2D eigenvalue weighted by molar-refractivity contribution is -0.129. The van der Waals surface area contributed by atoms with E-state index in [1.165, 1.54) is 19.3 Å². The van der Waals surface area contributed by atoms with E-state index >= 15 is 0 Å². The van der Waals surface area contributed by atoms with Gasteiger partial charge >= 0.3 is 0 Å². The van der Waals surface area contributed by atoms with Crippen LogP contribution in [0.1, 0.15) is 72.1 Å². The number of carbonyl (C=O) groups excluding carboxylic acids is 2. The van der Waals surface area contributed by atoms with Crippen LogP contribution in [0.4, 0.5) is 0 Å². The second kappa shape index (κ2) is 9.13. The van der Waals surface area contributed by atoms with Gasteiger partial charge in [-0.1, -0.05) is 33.1 Å². The van der Waals surface area contributed by atoms with Gasteiger partial charge in [-0.3, -0.25) is 9.59 Å². The molecule has 0 heterocycles. The number of aliphatic hydroxyl groups is 1. The lowest BCUT2D eigenvalue weighted by Gasteiger charge is -2.26. The standard InChI is InChI=1S/C17H32N2O3/c1-4-17(22,5-2)12-18-16(21)13(3)19-15(20)11-14-9-7-6-8-10-14/h13-14,22H,4-12H2,1-3H3,(H,18,21)(H,19,20). The zero-order valence-corrected chi connectivity index (χ0v) is 14.3. The van der Waals surface area contributed by atoms with Crippen molar-refractivity contribution in [2.75, 3.05) is 6.54 Å². The molecule has 1 unspecified atom stereocenters. The predicted molar refractivity (Wildman–Crippen MR) is 87.3 cm³/mol. The molecule has 1 fully saturated rings. The van der Waals surface area contributed by atoms with Crippen molar-refractivity contribution in [3.05, 3.63) is 0 Å². The van der Waals surface area contributed by atoms with Gasteiger partial charge in [-0.25, -0.2) is 0 Å². The molecule has 3 N–H and O–H groups in total. The molecule has 0 saturated heterocycles. The molecule has 22 heavy (non-hydrogen) atoms. The monoisotopic (exact) mass is 312 g/mol. The molecule has 0 bridgehead atoms. The van der Waals surface area contributed by atoms with E-state index in [-0.39, 0.29) is 18.4 Å². The van der Waals surface area contributed by atoms with Crippen molar-refractivity contribution in [2.45, 2.75) is 83.8 Å². The van der Waals surface area contributed by atoms with E-state index in [4.69, 9.17) is 0 Å². The summed E-state index contributed by atoms with van der Waals surface area (Å²) in [6.07, 6.45) is 7.63. The molecule has 1 atom stereocenters. The van der Waals surface area contributed by atoms with Crippen molar-refractivity contribution >= 4 is 11.8 Å². The molecule has 0 spiro atoms. The molecule has 1 saturated carbocycles. The third-order valence-corrected chi connectivity index (χ3v) is 4.88. The molecule has 5 heteroatoms. The molecule has 0 radical (unpaired) electrons. The summed E-state index contributed by atoms with van der Waals surface area (Å²) in [5.41, 5.74) is -0.860. The van der Waals surface area contributed by atoms with Crippen LogP contribution in [0, 0.1) is 5.92 Å². The summed E-state index contributed by atoms with van der Waals surface area (Å²) in [5, 5.41) is 15.7. The Morgan fingerprint density at radius 2 is 1.77 bits per heavy atom. The third-order valence-electron chi connectivity index (χ3n) is 4.88. The van der Waals surface area contributed by atoms with E-state index in [1.807, 2.05) is 13.8 Å². The van der Waals surface area contributed by atoms with E-state index in [1.54, 1.807) is 6.92 Å². The van der Waals surface area contributed by atoms with Crippen LogP contribution in [-0.4, -0.2) is 35.1 Å². The highest BCUT2D eigenvalue weighted by Crippen LogP contribution is 2.26. The van der Waals surface area contributed by atoms with Gasteiger partial charge in [0.25, 0.3) is 0 Å². The minimum Gasteiger partial charge on any atom is -0.388 e. The molecule has 0 aromatic rings. The molecule has 5 nitrogen and oxygen atoms in total. The van der Waals surface area contributed by atoms with E-state index < -0.39 is 11.6 Å². The second-order valence-electron chi connectivity index (χ2n) is 6.65. The van der Waals surface area contributed by atoms with E-state index in [0.29, 0.717) is 25.2 Å². The SMILES string of the molecule is CCC(O)(CC)CNC(=O)C(C)NC(=O)CC1CCCCC1. The highest BCUT2D eigenvalue weighted by atomic mass is 16.3. The van der Waals surface area contributed by atoms with Crippen LogP contribution in [0.3, 0.4) is 0 Å². The summed E-state index contributed by atoms with van der Waals surface area (Å²) in [7, 11) is 0. The number of amides is 2. The lowest BCUT2D eigenvalue weighted by Crippen LogP contribution is -2.49. The van der Waals surface area contributed by atoms with Crippen molar-refractivity contribution < 1.29 is 14.7 Å². The summed E-state index contributed by atoms with van der Waals surface area (Å²) in [6, 6.07) is -0.561. The number of hydrogen-bond acceptors (Lipinski definition) is 3. The van der Waals surface area contributed by atoms with Gasteiger partial charge in [0.2, 0.25) is 11.8 Å². The maximum atomic E-state index is 12.0. The van der Waals surface area contributed by atoms with E-state index in [2.05, 4.69) is 10.6 Å². The van der Waals surface area contributed by atoms with Gasteiger partial charge in [-0.2, -0.15) is 0 Å². The average molecular weight is 312 g/mol. The van der Waals surface area contributed by atoms with Gasteiger partial charge < -0.3 is 15.7 Å². The fourth-order valence-electron chi connectivity index (χ4n) is 2.92. The molecule has 0 aliphatic heterocycles. The zero-order valence-electron chi connectivity index (χ0n) is 14.3.